The number of rotatable bonds is 1. The first-order valence-electron chi connectivity index (χ1n) is 8.25. The summed E-state index contributed by atoms with van der Waals surface area (Å²) in [6.07, 6.45) is 13.6. The maximum absolute atomic E-state index is 10.1. The third-order valence-corrected chi connectivity index (χ3v) is 4.17. The van der Waals surface area contributed by atoms with Gasteiger partial charge in [-0.2, -0.15) is 0 Å². The summed E-state index contributed by atoms with van der Waals surface area (Å²) in [4.78, 5) is 0. The largest absolute Gasteiger partial charge is 0.389 e. The van der Waals surface area contributed by atoms with Crippen LogP contribution in [0.15, 0.2) is 46.6 Å². The molecule has 0 aromatic rings. The second-order valence-electron chi connectivity index (χ2n) is 6.78. The van der Waals surface area contributed by atoms with Gasteiger partial charge in [-0.05, 0) is 58.8 Å². The van der Waals surface area contributed by atoms with E-state index in [4.69, 9.17) is 0 Å². The van der Waals surface area contributed by atoms with Crippen molar-refractivity contribution < 1.29 is 5.11 Å². The highest BCUT2D eigenvalue weighted by Gasteiger charge is 2.06. The van der Waals surface area contributed by atoms with Crippen LogP contribution in [0.1, 0.15) is 66.7 Å². The Balaban J connectivity index is 2.95. The van der Waals surface area contributed by atoms with Crippen LogP contribution in [0.25, 0.3) is 0 Å². The highest BCUT2D eigenvalue weighted by atomic mass is 16.3. The van der Waals surface area contributed by atoms with Crippen molar-refractivity contribution in [3.05, 3.63) is 46.6 Å². The van der Waals surface area contributed by atoms with Crippen LogP contribution in [0.3, 0.4) is 0 Å². The Hall–Kier alpha value is -1.08. The van der Waals surface area contributed by atoms with Crippen LogP contribution in [-0.4, -0.2) is 11.2 Å². The molecule has 0 aromatic heterocycles. The lowest BCUT2D eigenvalue weighted by Crippen LogP contribution is -2.04. The average molecular weight is 288 g/mol. The number of hydrogen-bond donors (Lipinski definition) is 1. The number of hydrogen-bond acceptors (Lipinski definition) is 1. The molecule has 118 valence electrons. The molecular weight excluding hydrogens is 256 g/mol. The van der Waals surface area contributed by atoms with E-state index < -0.39 is 0 Å². The molecule has 0 spiro atoms. The third-order valence-electron chi connectivity index (χ3n) is 4.17. The highest BCUT2D eigenvalue weighted by molar-refractivity contribution is 5.20. The zero-order valence-corrected chi connectivity index (χ0v) is 14.4. The number of allylic oxidation sites excluding steroid dienone is 6. The molecule has 0 saturated carbocycles. The Morgan fingerprint density at radius 2 is 1.67 bits per heavy atom. The molecule has 1 rings (SSSR count). The molecule has 0 fully saturated rings. The van der Waals surface area contributed by atoms with Crippen molar-refractivity contribution in [1.82, 2.24) is 0 Å². The zero-order valence-electron chi connectivity index (χ0n) is 14.4. The van der Waals surface area contributed by atoms with E-state index in [1.807, 2.05) is 6.08 Å². The molecule has 1 nitrogen and oxygen atoms in total. The minimum atomic E-state index is -0.340. The van der Waals surface area contributed by atoms with Crippen molar-refractivity contribution in [3.8, 4) is 0 Å². The van der Waals surface area contributed by atoms with Gasteiger partial charge in [-0.1, -0.05) is 60.4 Å². The smallest absolute Gasteiger partial charge is 0.0760 e. The lowest BCUT2D eigenvalue weighted by molar-refractivity contribution is 0.222. The first kappa shape index (κ1) is 18.0. The Morgan fingerprint density at radius 3 is 2.33 bits per heavy atom. The van der Waals surface area contributed by atoms with E-state index in [0.717, 1.165) is 32.1 Å². The molecule has 0 saturated heterocycles. The zero-order chi connectivity index (χ0) is 15.8. The fourth-order valence-corrected chi connectivity index (χ4v) is 2.67. The Bertz CT molecular complexity index is 446. The molecule has 1 aliphatic rings. The van der Waals surface area contributed by atoms with Crippen LogP contribution in [0.2, 0.25) is 0 Å². The minimum Gasteiger partial charge on any atom is -0.389 e. The molecule has 1 heteroatoms. The topological polar surface area (TPSA) is 20.2 Å². The first-order valence-corrected chi connectivity index (χ1v) is 8.25. The van der Waals surface area contributed by atoms with Crippen molar-refractivity contribution in [2.24, 2.45) is 5.92 Å². The Labute approximate surface area is 131 Å². The van der Waals surface area contributed by atoms with Gasteiger partial charge >= 0.3 is 0 Å². The summed E-state index contributed by atoms with van der Waals surface area (Å²) in [6.45, 7) is 11.0. The Kier molecular flexibility index (Phi) is 7.74. The SMILES string of the molecule is C/C1=C\C=C(\C(C)C)CC/C(C)=C/C(O)C/C(C)=C/CC1. The summed E-state index contributed by atoms with van der Waals surface area (Å²) in [5, 5.41) is 10.1. The molecule has 1 N–H and O–H groups in total. The highest BCUT2D eigenvalue weighted by Crippen LogP contribution is 2.21. The molecule has 0 aliphatic heterocycles. The molecule has 21 heavy (non-hydrogen) atoms. The molecular formula is C20H32O. The van der Waals surface area contributed by atoms with Gasteiger partial charge < -0.3 is 5.11 Å². The van der Waals surface area contributed by atoms with Gasteiger partial charge in [0.05, 0.1) is 6.10 Å². The van der Waals surface area contributed by atoms with E-state index in [2.05, 4.69) is 52.8 Å². The van der Waals surface area contributed by atoms with Crippen molar-refractivity contribution >= 4 is 0 Å². The summed E-state index contributed by atoms with van der Waals surface area (Å²) >= 11 is 0. The van der Waals surface area contributed by atoms with Gasteiger partial charge in [-0.15, -0.1) is 0 Å². The quantitative estimate of drug-likeness (QED) is 0.611. The first-order chi connectivity index (χ1) is 9.88. The lowest BCUT2D eigenvalue weighted by atomic mass is 9.94. The number of aliphatic hydroxyl groups excluding tert-OH is 1. The van der Waals surface area contributed by atoms with Gasteiger partial charge in [0.25, 0.3) is 0 Å². The summed E-state index contributed by atoms with van der Waals surface area (Å²) in [7, 11) is 0. The summed E-state index contributed by atoms with van der Waals surface area (Å²) < 4.78 is 0. The standard InChI is InChI=1S/C20H32O/c1-15(2)19-11-9-16(3)7-6-8-17(4)13-20(21)14-18(5)10-12-19/h8-9,11,14-15,20-21H,6-7,10,12-13H2,1-5H3/b16-9+,17-8+,18-14+,19-11+. The van der Waals surface area contributed by atoms with Gasteiger partial charge in [-0.3, -0.25) is 0 Å². The van der Waals surface area contributed by atoms with Crippen LogP contribution in [-0.2, 0) is 0 Å². The van der Waals surface area contributed by atoms with E-state index in [9.17, 15) is 5.11 Å². The van der Waals surface area contributed by atoms with Crippen molar-refractivity contribution in [3.63, 3.8) is 0 Å². The number of aliphatic hydroxyl groups is 1. The Morgan fingerprint density at radius 1 is 0.952 bits per heavy atom. The third kappa shape index (κ3) is 7.47. The molecule has 1 atom stereocenters. The minimum absolute atomic E-state index is 0.340. The molecule has 0 radical (unpaired) electrons. The van der Waals surface area contributed by atoms with Gasteiger partial charge in [-0.25, -0.2) is 0 Å². The lowest BCUT2D eigenvalue weighted by Gasteiger charge is -2.13. The van der Waals surface area contributed by atoms with Crippen LogP contribution in [0.4, 0.5) is 0 Å². The van der Waals surface area contributed by atoms with Crippen molar-refractivity contribution in [2.75, 3.05) is 0 Å². The van der Waals surface area contributed by atoms with Gasteiger partial charge in [0.2, 0.25) is 0 Å². The van der Waals surface area contributed by atoms with E-state index in [1.165, 1.54) is 22.3 Å². The summed E-state index contributed by atoms with van der Waals surface area (Å²) in [5.41, 5.74) is 5.51. The predicted molar refractivity (Wildman–Crippen MR) is 93.3 cm³/mol. The van der Waals surface area contributed by atoms with E-state index >= 15 is 0 Å². The predicted octanol–water partition coefficient (Wildman–Crippen LogP) is 5.73. The van der Waals surface area contributed by atoms with Crippen LogP contribution < -0.4 is 0 Å². The fraction of sp³-hybridized carbons (Fsp3) is 0.600. The van der Waals surface area contributed by atoms with Crippen molar-refractivity contribution in [1.29, 1.82) is 0 Å². The average Bonchev–Trinajstić information content (AvgIpc) is 2.36. The van der Waals surface area contributed by atoms with Gasteiger partial charge in [0.1, 0.15) is 0 Å². The summed E-state index contributed by atoms with van der Waals surface area (Å²) in [6, 6.07) is 0. The molecule has 0 heterocycles. The molecule has 1 unspecified atom stereocenters. The second kappa shape index (κ2) is 9.04. The van der Waals surface area contributed by atoms with E-state index in [-0.39, 0.29) is 6.10 Å². The monoisotopic (exact) mass is 288 g/mol. The fourth-order valence-electron chi connectivity index (χ4n) is 2.67. The maximum atomic E-state index is 10.1. The summed E-state index contributed by atoms with van der Waals surface area (Å²) in [5.74, 6) is 0.585. The van der Waals surface area contributed by atoms with Crippen LogP contribution >= 0.6 is 0 Å². The van der Waals surface area contributed by atoms with Crippen LogP contribution in [0.5, 0.6) is 0 Å². The molecule has 0 bridgehead atoms. The van der Waals surface area contributed by atoms with Crippen LogP contribution in [0, 0.1) is 5.92 Å². The maximum Gasteiger partial charge on any atom is 0.0760 e. The molecule has 0 aromatic carbocycles. The van der Waals surface area contributed by atoms with Gasteiger partial charge in [0.15, 0.2) is 0 Å². The van der Waals surface area contributed by atoms with E-state index in [0.29, 0.717) is 5.92 Å². The van der Waals surface area contributed by atoms with Gasteiger partial charge in [0, 0.05) is 0 Å². The molecule has 1 aliphatic carbocycles. The van der Waals surface area contributed by atoms with Crippen molar-refractivity contribution in [2.45, 2.75) is 72.8 Å². The molecule has 0 amide bonds. The van der Waals surface area contributed by atoms with E-state index in [1.54, 1.807) is 0 Å². The normalized spacial score (nSPS) is 32.8. The second-order valence-corrected chi connectivity index (χ2v) is 6.78.